The van der Waals surface area contributed by atoms with E-state index in [0.29, 0.717) is 6.54 Å². The van der Waals surface area contributed by atoms with Crippen LogP contribution in [0.1, 0.15) is 24.8 Å². The lowest BCUT2D eigenvalue weighted by Gasteiger charge is -2.14. The molecule has 0 bridgehead atoms. The van der Waals surface area contributed by atoms with Crippen LogP contribution in [0, 0.1) is 12.3 Å². The van der Waals surface area contributed by atoms with Gasteiger partial charge in [0.2, 0.25) is 0 Å². The van der Waals surface area contributed by atoms with Crippen LogP contribution in [0.3, 0.4) is 0 Å². The number of aromatic nitrogens is 2. The highest BCUT2D eigenvalue weighted by Crippen LogP contribution is 2.49. The highest BCUT2D eigenvalue weighted by Gasteiger charge is 2.44. The predicted molar refractivity (Wildman–Crippen MR) is 57.2 cm³/mol. The van der Waals surface area contributed by atoms with Crippen molar-refractivity contribution in [3.05, 3.63) is 28.4 Å². The third kappa shape index (κ3) is 2.29. The zero-order valence-corrected chi connectivity index (χ0v) is 9.14. The molecule has 5 nitrogen and oxygen atoms in total. The number of hydrogen-bond donors (Lipinski definition) is 1. The first-order chi connectivity index (χ1) is 7.51. The van der Waals surface area contributed by atoms with Crippen LogP contribution in [0.25, 0.3) is 0 Å². The van der Waals surface area contributed by atoms with Crippen molar-refractivity contribution >= 4 is 5.97 Å². The van der Waals surface area contributed by atoms with Crippen LogP contribution in [0.15, 0.2) is 17.2 Å². The Bertz CT molecular complexity index is 474. The summed E-state index contributed by atoms with van der Waals surface area (Å²) < 4.78 is 1.52. The maximum absolute atomic E-state index is 11.5. The first-order valence-corrected chi connectivity index (χ1v) is 5.26. The smallest absolute Gasteiger partial charge is 0.347 e. The van der Waals surface area contributed by atoms with E-state index in [4.69, 9.17) is 5.11 Å². The van der Waals surface area contributed by atoms with Gasteiger partial charge in [0.1, 0.15) is 0 Å². The fraction of sp³-hybridized carbons (Fsp3) is 0.545. The van der Waals surface area contributed by atoms with E-state index in [2.05, 4.69) is 4.98 Å². The van der Waals surface area contributed by atoms with Crippen LogP contribution in [0.4, 0.5) is 0 Å². The van der Waals surface area contributed by atoms with Crippen LogP contribution in [0.2, 0.25) is 0 Å². The summed E-state index contributed by atoms with van der Waals surface area (Å²) in [5, 5.41) is 8.79. The van der Waals surface area contributed by atoms with Gasteiger partial charge in [-0.2, -0.15) is 0 Å². The molecule has 1 aliphatic carbocycles. The van der Waals surface area contributed by atoms with Gasteiger partial charge < -0.3 is 5.11 Å². The highest BCUT2D eigenvalue weighted by molar-refractivity contribution is 5.68. The maximum Gasteiger partial charge on any atom is 0.347 e. The normalized spacial score (nSPS) is 17.1. The third-order valence-electron chi connectivity index (χ3n) is 2.97. The Labute approximate surface area is 92.7 Å². The molecule has 86 valence electrons. The van der Waals surface area contributed by atoms with Crippen molar-refractivity contribution in [2.45, 2.75) is 32.7 Å². The van der Waals surface area contributed by atoms with Gasteiger partial charge in [0.05, 0.1) is 6.42 Å². The topological polar surface area (TPSA) is 72.2 Å². The second kappa shape index (κ2) is 3.73. The summed E-state index contributed by atoms with van der Waals surface area (Å²) in [6.45, 7) is 2.33. The zero-order valence-electron chi connectivity index (χ0n) is 9.14. The summed E-state index contributed by atoms with van der Waals surface area (Å²) in [7, 11) is 0. The molecule has 0 aromatic carbocycles. The summed E-state index contributed by atoms with van der Waals surface area (Å²) in [4.78, 5) is 25.9. The number of aliphatic carboxylic acids is 1. The van der Waals surface area contributed by atoms with Gasteiger partial charge in [-0.15, -0.1) is 0 Å². The number of nitrogens with zero attached hydrogens (tertiary/aromatic N) is 2. The fourth-order valence-corrected chi connectivity index (χ4v) is 1.93. The number of rotatable bonds is 4. The van der Waals surface area contributed by atoms with Crippen molar-refractivity contribution in [1.29, 1.82) is 0 Å². The van der Waals surface area contributed by atoms with Crippen molar-refractivity contribution in [3.63, 3.8) is 0 Å². The number of aryl methyl sites for hydroxylation is 1. The fourth-order valence-electron chi connectivity index (χ4n) is 1.93. The van der Waals surface area contributed by atoms with Gasteiger partial charge in [0, 0.05) is 18.9 Å². The van der Waals surface area contributed by atoms with Crippen LogP contribution in [-0.4, -0.2) is 20.6 Å². The molecule has 1 aliphatic rings. The quantitative estimate of drug-likeness (QED) is 0.818. The standard InChI is InChI=1S/C11H14N2O3/c1-8-5-12-10(16)13(6-8)7-11(2-3-11)4-9(14)15/h5-6H,2-4,7H2,1H3,(H,14,15). The minimum absolute atomic E-state index is 0.132. The Morgan fingerprint density at radius 1 is 1.62 bits per heavy atom. The summed E-state index contributed by atoms with van der Waals surface area (Å²) in [6.07, 6.45) is 5.14. The van der Waals surface area contributed by atoms with Crippen molar-refractivity contribution in [1.82, 2.24) is 9.55 Å². The van der Waals surface area contributed by atoms with Crippen molar-refractivity contribution in [2.75, 3.05) is 0 Å². The van der Waals surface area contributed by atoms with Gasteiger partial charge in [-0.1, -0.05) is 0 Å². The van der Waals surface area contributed by atoms with Crippen molar-refractivity contribution < 1.29 is 9.90 Å². The molecule has 0 atom stereocenters. The third-order valence-corrected chi connectivity index (χ3v) is 2.97. The Balaban J connectivity index is 2.18. The summed E-state index contributed by atoms with van der Waals surface area (Å²) in [5.41, 5.74) is 0.387. The average molecular weight is 222 g/mol. The molecule has 16 heavy (non-hydrogen) atoms. The number of carboxylic acids is 1. The maximum atomic E-state index is 11.5. The number of carboxylic acid groups (broad SMARTS) is 1. The molecule has 0 aliphatic heterocycles. The lowest BCUT2D eigenvalue weighted by molar-refractivity contribution is -0.138. The largest absolute Gasteiger partial charge is 0.481 e. The SMILES string of the molecule is Cc1cnc(=O)n(CC2(CC(=O)O)CC2)c1. The molecule has 1 heterocycles. The zero-order chi connectivity index (χ0) is 11.8. The number of carbonyl (C=O) groups is 1. The van der Waals surface area contributed by atoms with E-state index in [0.717, 1.165) is 18.4 Å². The van der Waals surface area contributed by atoms with E-state index in [9.17, 15) is 9.59 Å². The van der Waals surface area contributed by atoms with Gasteiger partial charge in [0.25, 0.3) is 0 Å². The van der Waals surface area contributed by atoms with Crippen molar-refractivity contribution in [2.24, 2.45) is 5.41 Å². The van der Waals surface area contributed by atoms with E-state index in [1.165, 1.54) is 10.8 Å². The molecule has 2 rings (SSSR count). The van der Waals surface area contributed by atoms with Crippen LogP contribution in [0.5, 0.6) is 0 Å². The Morgan fingerprint density at radius 2 is 2.31 bits per heavy atom. The van der Waals surface area contributed by atoms with Gasteiger partial charge in [-0.05, 0) is 30.7 Å². The first kappa shape index (κ1) is 10.9. The first-order valence-electron chi connectivity index (χ1n) is 5.26. The molecule has 1 aromatic rings. The van der Waals surface area contributed by atoms with Gasteiger partial charge >= 0.3 is 11.7 Å². The van der Waals surface area contributed by atoms with Crippen LogP contribution < -0.4 is 5.69 Å². The molecule has 0 unspecified atom stereocenters. The van der Waals surface area contributed by atoms with E-state index in [1.54, 1.807) is 6.20 Å². The van der Waals surface area contributed by atoms with Crippen LogP contribution in [-0.2, 0) is 11.3 Å². The van der Waals surface area contributed by atoms with E-state index < -0.39 is 5.97 Å². The molecule has 5 heteroatoms. The molecule has 0 amide bonds. The second-order valence-electron chi connectivity index (χ2n) is 4.61. The van der Waals surface area contributed by atoms with Gasteiger partial charge in [0.15, 0.2) is 0 Å². The average Bonchev–Trinajstić information content (AvgIpc) is 2.90. The Hall–Kier alpha value is -1.65. The number of hydrogen-bond acceptors (Lipinski definition) is 3. The van der Waals surface area contributed by atoms with Crippen LogP contribution >= 0.6 is 0 Å². The van der Waals surface area contributed by atoms with E-state index >= 15 is 0 Å². The minimum Gasteiger partial charge on any atom is -0.481 e. The molecule has 1 aromatic heterocycles. The molecule has 1 saturated carbocycles. The molecule has 0 saturated heterocycles. The predicted octanol–water partition coefficient (Wildman–Crippen LogP) is 0.807. The highest BCUT2D eigenvalue weighted by atomic mass is 16.4. The van der Waals surface area contributed by atoms with Crippen molar-refractivity contribution in [3.8, 4) is 0 Å². The molecule has 0 radical (unpaired) electrons. The summed E-state index contributed by atoms with van der Waals surface area (Å²) in [6, 6.07) is 0. The van der Waals surface area contributed by atoms with E-state index in [-0.39, 0.29) is 17.5 Å². The molecule has 1 fully saturated rings. The monoisotopic (exact) mass is 222 g/mol. The lowest BCUT2D eigenvalue weighted by Crippen LogP contribution is -2.27. The Kier molecular flexibility index (Phi) is 2.53. The molecule has 0 spiro atoms. The molecular weight excluding hydrogens is 208 g/mol. The van der Waals surface area contributed by atoms with E-state index in [1.807, 2.05) is 6.92 Å². The Morgan fingerprint density at radius 3 is 2.88 bits per heavy atom. The summed E-state index contributed by atoms with van der Waals surface area (Å²) in [5.74, 6) is -0.800. The lowest BCUT2D eigenvalue weighted by atomic mass is 10.0. The molecular formula is C11H14N2O3. The summed E-state index contributed by atoms with van der Waals surface area (Å²) >= 11 is 0. The molecule has 1 N–H and O–H groups in total. The second-order valence-corrected chi connectivity index (χ2v) is 4.61. The van der Waals surface area contributed by atoms with Gasteiger partial charge in [-0.25, -0.2) is 9.78 Å². The minimum atomic E-state index is -0.800. The van der Waals surface area contributed by atoms with Gasteiger partial charge in [-0.3, -0.25) is 9.36 Å².